The van der Waals surface area contributed by atoms with Crippen LogP contribution < -0.4 is 4.74 Å². The van der Waals surface area contributed by atoms with E-state index in [1.165, 1.54) is 49.8 Å². The summed E-state index contributed by atoms with van der Waals surface area (Å²) in [6.07, 6.45) is 11.3. The average molecular weight is 534 g/mol. The fourth-order valence-corrected chi connectivity index (χ4v) is 10.4. The van der Waals surface area contributed by atoms with Crippen molar-refractivity contribution in [3.05, 3.63) is 23.3 Å². The van der Waals surface area contributed by atoms with E-state index in [1.807, 2.05) is 6.07 Å². The molecule has 4 bridgehead atoms. The maximum absolute atomic E-state index is 14.2. The lowest BCUT2D eigenvalue weighted by atomic mass is 9.42. The molecule has 0 unspecified atom stereocenters. The van der Waals surface area contributed by atoms with Crippen molar-refractivity contribution in [1.82, 2.24) is 14.7 Å². The van der Waals surface area contributed by atoms with Crippen molar-refractivity contribution in [3.8, 4) is 11.5 Å². The molecule has 210 valence electrons. The molecular weight excluding hydrogens is 490 g/mol. The molecule has 1 amide bonds. The first kappa shape index (κ1) is 23.8. The number of aromatic hydroxyl groups is 1. The van der Waals surface area contributed by atoms with Crippen molar-refractivity contribution in [2.75, 3.05) is 45.9 Å². The molecule has 7 fully saturated rings. The van der Waals surface area contributed by atoms with Crippen molar-refractivity contribution in [3.63, 3.8) is 0 Å². The highest BCUT2D eigenvalue weighted by molar-refractivity contribution is 5.78. The molecule has 39 heavy (non-hydrogen) atoms. The van der Waals surface area contributed by atoms with Crippen LogP contribution in [0.1, 0.15) is 68.9 Å². The molecule has 2 spiro atoms. The number of ether oxygens (including phenoxy) is 2. The van der Waals surface area contributed by atoms with Crippen LogP contribution in [-0.2, 0) is 21.4 Å². The van der Waals surface area contributed by atoms with Crippen molar-refractivity contribution >= 4 is 5.91 Å². The second kappa shape index (κ2) is 8.36. The SMILES string of the molecule is O=C(C[C@@H]1COCCN1CC1CC1)N1CC[C@@]23CC[C@@H]1[C@@H]1Oc4c(O)ccc5c4[C@@]12CCN(CC1CC1)[C@@H]3C5. The van der Waals surface area contributed by atoms with Gasteiger partial charge < -0.3 is 19.5 Å². The third kappa shape index (κ3) is 3.30. The fourth-order valence-electron chi connectivity index (χ4n) is 10.4. The molecule has 4 saturated heterocycles. The predicted molar refractivity (Wildman–Crippen MR) is 146 cm³/mol. The van der Waals surface area contributed by atoms with E-state index in [0.29, 0.717) is 19.1 Å². The summed E-state index contributed by atoms with van der Waals surface area (Å²) in [5, 5.41) is 11.0. The van der Waals surface area contributed by atoms with E-state index in [-0.39, 0.29) is 40.7 Å². The Morgan fingerprint density at radius 3 is 2.62 bits per heavy atom. The molecule has 7 heteroatoms. The number of carbonyl (C=O) groups is 1. The molecule has 5 aliphatic heterocycles. The third-order valence-corrected chi connectivity index (χ3v) is 12.5. The second-order valence-electron chi connectivity index (χ2n) is 14.3. The highest BCUT2D eigenvalue weighted by atomic mass is 16.5. The summed E-state index contributed by atoms with van der Waals surface area (Å²) >= 11 is 0. The Morgan fingerprint density at radius 1 is 0.974 bits per heavy atom. The van der Waals surface area contributed by atoms with E-state index >= 15 is 0 Å². The maximum Gasteiger partial charge on any atom is 0.224 e. The lowest BCUT2D eigenvalue weighted by Crippen LogP contribution is -2.72. The number of nitrogens with zero attached hydrogens (tertiary/aromatic N) is 3. The van der Waals surface area contributed by atoms with Gasteiger partial charge in [0.25, 0.3) is 0 Å². The van der Waals surface area contributed by atoms with Crippen LogP contribution in [-0.4, -0.2) is 95.9 Å². The van der Waals surface area contributed by atoms with Gasteiger partial charge in [0, 0.05) is 61.1 Å². The number of piperidine rings is 1. The van der Waals surface area contributed by atoms with Crippen molar-refractivity contribution in [2.45, 2.75) is 93.9 Å². The van der Waals surface area contributed by atoms with E-state index in [9.17, 15) is 9.90 Å². The van der Waals surface area contributed by atoms with E-state index < -0.39 is 0 Å². The van der Waals surface area contributed by atoms with E-state index in [4.69, 9.17) is 9.47 Å². The minimum absolute atomic E-state index is 0.0456. The van der Waals surface area contributed by atoms with E-state index in [0.717, 1.165) is 76.1 Å². The first-order valence-corrected chi connectivity index (χ1v) is 15.9. The van der Waals surface area contributed by atoms with Gasteiger partial charge in [0.15, 0.2) is 11.5 Å². The minimum atomic E-state index is -0.0801. The molecule has 1 aromatic rings. The molecule has 1 N–H and O–H groups in total. The number of likely N-dealkylation sites (tertiary alicyclic amines) is 1. The summed E-state index contributed by atoms with van der Waals surface area (Å²) in [7, 11) is 0. The quantitative estimate of drug-likeness (QED) is 0.606. The highest BCUT2D eigenvalue weighted by Gasteiger charge is 2.74. The molecule has 5 heterocycles. The van der Waals surface area contributed by atoms with Crippen LogP contribution in [0.2, 0.25) is 0 Å². The zero-order valence-electron chi connectivity index (χ0n) is 23.2. The smallest absolute Gasteiger partial charge is 0.224 e. The normalized spacial score (nSPS) is 40.8. The van der Waals surface area contributed by atoms with Gasteiger partial charge in [0.05, 0.1) is 19.3 Å². The number of fused-ring (bicyclic) bond motifs is 3. The first-order valence-electron chi connectivity index (χ1n) is 15.9. The van der Waals surface area contributed by atoms with Crippen LogP contribution in [0.25, 0.3) is 0 Å². The Morgan fingerprint density at radius 2 is 1.79 bits per heavy atom. The number of phenolic OH excluding ortho intramolecular Hbond substituents is 1. The Hall–Kier alpha value is -1.83. The van der Waals surface area contributed by atoms with Crippen LogP contribution in [0.15, 0.2) is 12.1 Å². The lowest BCUT2D eigenvalue weighted by molar-refractivity contribution is -0.146. The monoisotopic (exact) mass is 533 g/mol. The number of carbonyl (C=O) groups excluding carboxylic acids is 1. The molecule has 4 aliphatic carbocycles. The number of phenols is 1. The number of hydrogen-bond acceptors (Lipinski definition) is 6. The molecule has 3 saturated carbocycles. The Kier molecular flexibility index (Phi) is 5.11. The Balaban J connectivity index is 1.08. The molecule has 9 aliphatic rings. The van der Waals surface area contributed by atoms with Gasteiger partial charge in [-0.25, -0.2) is 0 Å². The number of rotatable bonds is 6. The fraction of sp³-hybridized carbons (Fsp3) is 0.781. The maximum atomic E-state index is 14.2. The van der Waals surface area contributed by atoms with Gasteiger partial charge in [-0.2, -0.15) is 0 Å². The van der Waals surface area contributed by atoms with Gasteiger partial charge in [-0.15, -0.1) is 0 Å². The predicted octanol–water partition coefficient (Wildman–Crippen LogP) is 3.31. The second-order valence-corrected chi connectivity index (χ2v) is 14.3. The molecule has 0 radical (unpaired) electrons. The summed E-state index contributed by atoms with van der Waals surface area (Å²) in [5.74, 6) is 3.02. The standard InChI is InChI=1S/C32H43N3O4/c36-25-6-5-22-15-26-31-8-7-24(30-32(31,28(22)29(25)39-30)10-11-34(26)18-21-3-4-21)35(12-9-31)27(37)16-23-19-38-14-13-33(23)17-20-1-2-20/h5-6,20-21,23-24,26,30,36H,1-4,7-19H2/t23-,24-,26-,30+,31-,32+/m1/s1. The summed E-state index contributed by atoms with van der Waals surface area (Å²) in [6, 6.07) is 4.83. The number of hydrogen-bond donors (Lipinski definition) is 1. The first-order chi connectivity index (χ1) is 19.1. The van der Waals surface area contributed by atoms with Gasteiger partial charge in [-0.1, -0.05) is 6.07 Å². The van der Waals surface area contributed by atoms with Gasteiger partial charge in [-0.05, 0) is 87.8 Å². The van der Waals surface area contributed by atoms with Gasteiger partial charge in [0.1, 0.15) is 6.10 Å². The Bertz CT molecular complexity index is 1200. The van der Waals surface area contributed by atoms with E-state index in [2.05, 4.69) is 20.8 Å². The summed E-state index contributed by atoms with van der Waals surface area (Å²) in [5.41, 5.74) is 2.75. The van der Waals surface area contributed by atoms with Crippen LogP contribution >= 0.6 is 0 Å². The molecular formula is C32H43N3O4. The van der Waals surface area contributed by atoms with Crippen LogP contribution in [0, 0.1) is 17.3 Å². The Labute approximate surface area is 231 Å². The van der Waals surface area contributed by atoms with Crippen LogP contribution in [0.3, 0.4) is 0 Å². The number of benzene rings is 1. The van der Waals surface area contributed by atoms with Crippen molar-refractivity contribution in [1.29, 1.82) is 0 Å². The summed E-state index contributed by atoms with van der Waals surface area (Å²) in [6.45, 7) is 6.73. The largest absolute Gasteiger partial charge is 0.504 e. The summed E-state index contributed by atoms with van der Waals surface area (Å²) in [4.78, 5) is 21.9. The zero-order valence-corrected chi connectivity index (χ0v) is 23.2. The van der Waals surface area contributed by atoms with Gasteiger partial charge in [-0.3, -0.25) is 14.6 Å². The summed E-state index contributed by atoms with van der Waals surface area (Å²) < 4.78 is 12.8. The minimum Gasteiger partial charge on any atom is -0.504 e. The topological polar surface area (TPSA) is 65.5 Å². The number of morpholine rings is 1. The molecule has 0 aromatic heterocycles. The van der Waals surface area contributed by atoms with Crippen LogP contribution in [0.4, 0.5) is 0 Å². The molecule has 7 nitrogen and oxygen atoms in total. The van der Waals surface area contributed by atoms with Gasteiger partial charge >= 0.3 is 0 Å². The number of amides is 1. The highest BCUT2D eigenvalue weighted by Crippen LogP contribution is 2.71. The average Bonchev–Trinajstić information content (AvgIpc) is 3.86. The van der Waals surface area contributed by atoms with Crippen molar-refractivity contribution in [2.24, 2.45) is 17.3 Å². The van der Waals surface area contributed by atoms with Gasteiger partial charge in [0.2, 0.25) is 5.91 Å². The van der Waals surface area contributed by atoms with Crippen molar-refractivity contribution < 1.29 is 19.4 Å². The molecule has 1 aromatic carbocycles. The zero-order chi connectivity index (χ0) is 25.9. The lowest BCUT2D eigenvalue weighted by Gasteiger charge is -2.66. The molecule has 6 atom stereocenters. The third-order valence-electron chi connectivity index (χ3n) is 12.5. The molecule has 10 rings (SSSR count). The van der Waals surface area contributed by atoms with Crippen LogP contribution in [0.5, 0.6) is 11.5 Å². The van der Waals surface area contributed by atoms with E-state index in [1.54, 1.807) is 0 Å².